The van der Waals surface area contributed by atoms with Crippen molar-refractivity contribution in [3.8, 4) is 5.75 Å². The van der Waals surface area contributed by atoms with E-state index in [1.165, 1.54) is 0 Å². The fraction of sp³-hybridized carbons (Fsp3) is 0.200. The smallest absolute Gasteiger partial charge is 0.127 e. The summed E-state index contributed by atoms with van der Waals surface area (Å²) in [6, 6.07) is 13.9. The van der Waals surface area contributed by atoms with Crippen LogP contribution in [0.1, 0.15) is 6.92 Å². The molecule has 2 aromatic carbocycles. The Kier molecular flexibility index (Phi) is 6.45. The average molecular weight is 310 g/mol. The molecule has 0 amide bonds. The van der Waals surface area contributed by atoms with Gasteiger partial charge in [0, 0.05) is 5.39 Å². The highest BCUT2D eigenvalue weighted by molar-refractivity contribution is 5.88. The Hall–Kier alpha value is -2.52. The van der Waals surface area contributed by atoms with E-state index in [-0.39, 0.29) is 13.2 Å². The monoisotopic (exact) mass is 310 g/mol. The van der Waals surface area contributed by atoms with E-state index in [0.29, 0.717) is 5.76 Å². The molecule has 3 heteroatoms. The van der Waals surface area contributed by atoms with Crippen LogP contribution < -0.4 is 4.74 Å². The summed E-state index contributed by atoms with van der Waals surface area (Å²) in [6.07, 6.45) is 6.44. The average Bonchev–Trinajstić information content (AvgIpc) is 2.60. The third-order valence-corrected chi connectivity index (χ3v) is 3.28. The highest BCUT2D eigenvalue weighted by atomic mass is 16.5. The van der Waals surface area contributed by atoms with Gasteiger partial charge in [0.2, 0.25) is 0 Å². The van der Waals surface area contributed by atoms with Crippen LogP contribution in [0.5, 0.6) is 5.75 Å². The molecule has 0 aliphatic carbocycles. The van der Waals surface area contributed by atoms with Crippen LogP contribution in [-0.2, 0) is 4.74 Å². The van der Waals surface area contributed by atoms with Gasteiger partial charge >= 0.3 is 0 Å². The molecule has 0 saturated heterocycles. The number of hydrogen-bond donors (Lipinski definition) is 1. The van der Waals surface area contributed by atoms with Crippen LogP contribution in [-0.4, -0.2) is 24.4 Å². The zero-order valence-electron chi connectivity index (χ0n) is 13.3. The van der Waals surface area contributed by atoms with E-state index < -0.39 is 6.10 Å². The lowest BCUT2D eigenvalue weighted by Gasteiger charge is -2.15. The Labute approximate surface area is 137 Å². The van der Waals surface area contributed by atoms with Crippen molar-refractivity contribution in [2.24, 2.45) is 0 Å². The molecule has 0 heterocycles. The number of aliphatic hydroxyl groups excluding tert-OH is 1. The van der Waals surface area contributed by atoms with Crippen LogP contribution in [0.15, 0.2) is 79.1 Å². The van der Waals surface area contributed by atoms with Crippen molar-refractivity contribution in [2.75, 3.05) is 13.2 Å². The van der Waals surface area contributed by atoms with Gasteiger partial charge in [-0.3, -0.25) is 0 Å². The largest absolute Gasteiger partial charge is 0.491 e. The predicted octanol–water partition coefficient (Wildman–Crippen LogP) is 4.24. The van der Waals surface area contributed by atoms with Crippen molar-refractivity contribution in [3.63, 3.8) is 0 Å². The topological polar surface area (TPSA) is 38.7 Å². The first-order valence-electron chi connectivity index (χ1n) is 7.61. The molecule has 0 aliphatic heterocycles. The van der Waals surface area contributed by atoms with Gasteiger partial charge in [-0.15, -0.1) is 0 Å². The minimum absolute atomic E-state index is 0.153. The lowest BCUT2D eigenvalue weighted by molar-refractivity contribution is 0.0410. The van der Waals surface area contributed by atoms with E-state index in [2.05, 4.69) is 6.58 Å². The Morgan fingerprint density at radius 1 is 1.17 bits per heavy atom. The van der Waals surface area contributed by atoms with Gasteiger partial charge in [0.25, 0.3) is 0 Å². The van der Waals surface area contributed by atoms with Gasteiger partial charge in [-0.2, -0.15) is 0 Å². The van der Waals surface area contributed by atoms with Crippen LogP contribution in [0.3, 0.4) is 0 Å². The SMILES string of the molecule is C=C/C(=C\C=C/C)OCC(O)COc1cccc2ccccc12. The maximum Gasteiger partial charge on any atom is 0.127 e. The molecular weight excluding hydrogens is 288 g/mol. The van der Waals surface area contributed by atoms with Gasteiger partial charge in [-0.25, -0.2) is 0 Å². The van der Waals surface area contributed by atoms with E-state index in [1.807, 2.05) is 61.5 Å². The number of allylic oxidation sites excluding steroid dienone is 4. The lowest BCUT2D eigenvalue weighted by Crippen LogP contribution is -2.23. The standard InChI is InChI=1S/C20H22O3/c1-3-5-11-18(4-2)22-14-17(21)15-23-20-13-8-10-16-9-6-7-12-19(16)20/h3-13,17,21H,2,14-15H2,1H3/b5-3-,18-11+. The van der Waals surface area contributed by atoms with Crippen LogP contribution in [0.25, 0.3) is 10.8 Å². The normalized spacial score (nSPS) is 13.2. The maximum absolute atomic E-state index is 10.0. The summed E-state index contributed by atoms with van der Waals surface area (Å²) in [5.41, 5.74) is 0. The number of fused-ring (bicyclic) bond motifs is 1. The fourth-order valence-corrected chi connectivity index (χ4v) is 2.11. The molecule has 1 unspecified atom stereocenters. The van der Waals surface area contributed by atoms with Crippen molar-refractivity contribution in [2.45, 2.75) is 13.0 Å². The van der Waals surface area contributed by atoms with Crippen molar-refractivity contribution >= 4 is 10.8 Å². The van der Waals surface area contributed by atoms with E-state index in [9.17, 15) is 5.11 Å². The highest BCUT2D eigenvalue weighted by Gasteiger charge is 2.08. The molecule has 0 radical (unpaired) electrons. The number of benzene rings is 2. The fourth-order valence-electron chi connectivity index (χ4n) is 2.11. The van der Waals surface area contributed by atoms with E-state index in [4.69, 9.17) is 9.47 Å². The molecule has 2 rings (SSSR count). The zero-order chi connectivity index (χ0) is 16.5. The van der Waals surface area contributed by atoms with Gasteiger partial charge in [0.05, 0.1) is 0 Å². The molecule has 0 fully saturated rings. The van der Waals surface area contributed by atoms with Crippen molar-refractivity contribution < 1.29 is 14.6 Å². The second kappa shape index (κ2) is 8.81. The third-order valence-electron chi connectivity index (χ3n) is 3.28. The Bertz CT molecular complexity index is 696. The Balaban J connectivity index is 1.91. The molecule has 0 saturated carbocycles. The maximum atomic E-state index is 10.0. The van der Waals surface area contributed by atoms with E-state index in [1.54, 1.807) is 12.2 Å². The van der Waals surface area contributed by atoms with Crippen LogP contribution in [0.2, 0.25) is 0 Å². The molecule has 0 aliphatic rings. The molecule has 0 spiro atoms. The summed E-state index contributed by atoms with van der Waals surface area (Å²) in [5, 5.41) is 12.2. The summed E-state index contributed by atoms with van der Waals surface area (Å²) >= 11 is 0. The second-order valence-electron chi connectivity index (χ2n) is 5.05. The van der Waals surface area contributed by atoms with Crippen molar-refractivity contribution in [1.82, 2.24) is 0 Å². The molecule has 0 aromatic heterocycles. The Morgan fingerprint density at radius 2 is 1.96 bits per heavy atom. The first kappa shape index (κ1) is 16.8. The van der Waals surface area contributed by atoms with E-state index in [0.717, 1.165) is 16.5 Å². The summed E-state index contributed by atoms with van der Waals surface area (Å²) in [5.74, 6) is 1.38. The van der Waals surface area contributed by atoms with Crippen LogP contribution >= 0.6 is 0 Å². The van der Waals surface area contributed by atoms with Gasteiger partial charge in [0.1, 0.15) is 30.8 Å². The molecule has 3 nitrogen and oxygen atoms in total. The number of rotatable bonds is 8. The predicted molar refractivity (Wildman–Crippen MR) is 94.5 cm³/mol. The summed E-state index contributed by atoms with van der Waals surface area (Å²) < 4.78 is 11.2. The van der Waals surface area contributed by atoms with Crippen LogP contribution in [0, 0.1) is 0 Å². The molecular formula is C20H22O3. The molecule has 23 heavy (non-hydrogen) atoms. The van der Waals surface area contributed by atoms with Crippen LogP contribution in [0.4, 0.5) is 0 Å². The van der Waals surface area contributed by atoms with Gasteiger partial charge < -0.3 is 14.6 Å². The number of hydrogen-bond acceptors (Lipinski definition) is 3. The summed E-state index contributed by atoms with van der Waals surface area (Å²) in [7, 11) is 0. The van der Waals surface area contributed by atoms with E-state index >= 15 is 0 Å². The quantitative estimate of drug-likeness (QED) is 0.585. The highest BCUT2D eigenvalue weighted by Crippen LogP contribution is 2.25. The second-order valence-corrected chi connectivity index (χ2v) is 5.05. The number of ether oxygens (including phenoxy) is 2. The molecule has 2 aromatic rings. The summed E-state index contributed by atoms with van der Waals surface area (Å²) in [6.45, 7) is 5.92. The molecule has 120 valence electrons. The van der Waals surface area contributed by atoms with Gasteiger partial charge in [-0.1, -0.05) is 55.1 Å². The van der Waals surface area contributed by atoms with Crippen molar-refractivity contribution in [3.05, 3.63) is 79.1 Å². The number of aliphatic hydroxyl groups is 1. The first-order chi connectivity index (χ1) is 11.2. The van der Waals surface area contributed by atoms with Gasteiger partial charge in [0.15, 0.2) is 0 Å². The summed E-state index contributed by atoms with van der Waals surface area (Å²) in [4.78, 5) is 0. The van der Waals surface area contributed by atoms with Crippen molar-refractivity contribution in [1.29, 1.82) is 0 Å². The molecule has 0 bridgehead atoms. The minimum atomic E-state index is -0.720. The van der Waals surface area contributed by atoms with Gasteiger partial charge in [-0.05, 0) is 30.5 Å². The zero-order valence-corrected chi connectivity index (χ0v) is 13.3. The first-order valence-corrected chi connectivity index (χ1v) is 7.61. The third kappa shape index (κ3) is 5.01. The lowest BCUT2D eigenvalue weighted by atomic mass is 10.1. The minimum Gasteiger partial charge on any atom is -0.491 e. The molecule has 1 atom stereocenters. The molecule has 1 N–H and O–H groups in total. The Morgan fingerprint density at radius 3 is 2.74 bits per heavy atom.